The summed E-state index contributed by atoms with van der Waals surface area (Å²) in [5.41, 5.74) is -0.909. The van der Waals surface area contributed by atoms with Crippen LogP contribution in [0.5, 0.6) is 0 Å². The van der Waals surface area contributed by atoms with Gasteiger partial charge in [-0.25, -0.2) is 9.97 Å². The molecular weight excluding hydrogens is 243 g/mol. The SMILES string of the molecule is N#Cc1ncncc1-c1ccccc1C(F)(F)F. The van der Waals surface area contributed by atoms with E-state index in [0.717, 1.165) is 12.4 Å². The van der Waals surface area contributed by atoms with E-state index < -0.39 is 11.7 Å². The Kier molecular flexibility index (Phi) is 2.98. The molecule has 2 rings (SSSR count). The second kappa shape index (κ2) is 4.45. The van der Waals surface area contributed by atoms with E-state index in [1.54, 1.807) is 6.07 Å². The lowest BCUT2D eigenvalue weighted by molar-refractivity contribution is -0.137. The van der Waals surface area contributed by atoms with E-state index in [0.29, 0.717) is 0 Å². The highest BCUT2D eigenvalue weighted by atomic mass is 19.4. The molecular formula is C12H6F3N3. The van der Waals surface area contributed by atoms with Gasteiger partial charge in [-0.15, -0.1) is 0 Å². The summed E-state index contributed by atoms with van der Waals surface area (Å²) in [4.78, 5) is 7.32. The van der Waals surface area contributed by atoms with Crippen molar-refractivity contribution in [2.75, 3.05) is 0 Å². The van der Waals surface area contributed by atoms with Crippen molar-refractivity contribution in [1.29, 1.82) is 5.26 Å². The van der Waals surface area contributed by atoms with Gasteiger partial charge < -0.3 is 0 Å². The van der Waals surface area contributed by atoms with E-state index in [2.05, 4.69) is 9.97 Å². The number of hydrogen-bond acceptors (Lipinski definition) is 3. The standard InChI is InChI=1S/C12H6F3N3/c13-12(14,15)10-4-2-1-3-8(10)9-6-17-7-18-11(9)5-16/h1-4,6-7H. The topological polar surface area (TPSA) is 49.6 Å². The molecule has 0 N–H and O–H groups in total. The Bertz CT molecular complexity index is 614. The van der Waals surface area contributed by atoms with Gasteiger partial charge in [-0.3, -0.25) is 0 Å². The first-order chi connectivity index (χ1) is 8.54. The molecule has 1 aromatic heterocycles. The smallest absolute Gasteiger partial charge is 0.244 e. The maximum Gasteiger partial charge on any atom is 0.417 e. The first-order valence-electron chi connectivity index (χ1n) is 4.90. The average Bonchev–Trinajstić information content (AvgIpc) is 2.37. The summed E-state index contributed by atoms with van der Waals surface area (Å²) in [6.45, 7) is 0. The molecule has 0 amide bonds. The van der Waals surface area contributed by atoms with Gasteiger partial charge in [0.05, 0.1) is 5.56 Å². The summed E-state index contributed by atoms with van der Waals surface area (Å²) in [5, 5.41) is 8.85. The predicted molar refractivity (Wildman–Crippen MR) is 57.2 cm³/mol. The highest BCUT2D eigenvalue weighted by Crippen LogP contribution is 2.37. The lowest BCUT2D eigenvalue weighted by Gasteiger charge is -2.12. The first kappa shape index (κ1) is 12.0. The van der Waals surface area contributed by atoms with Crippen LogP contribution >= 0.6 is 0 Å². The molecule has 0 bridgehead atoms. The Labute approximate surface area is 101 Å². The van der Waals surface area contributed by atoms with E-state index >= 15 is 0 Å². The fourth-order valence-electron chi connectivity index (χ4n) is 1.58. The van der Waals surface area contributed by atoms with Crippen LogP contribution < -0.4 is 0 Å². The molecule has 3 nitrogen and oxygen atoms in total. The normalized spacial score (nSPS) is 11.0. The van der Waals surface area contributed by atoms with Crippen molar-refractivity contribution in [3.63, 3.8) is 0 Å². The molecule has 0 aliphatic rings. The number of halogens is 3. The number of nitrogens with zero attached hydrogens (tertiary/aromatic N) is 3. The van der Waals surface area contributed by atoms with Crippen LogP contribution in [0.25, 0.3) is 11.1 Å². The van der Waals surface area contributed by atoms with Gasteiger partial charge in [0, 0.05) is 11.8 Å². The van der Waals surface area contributed by atoms with Crippen molar-refractivity contribution in [2.45, 2.75) is 6.18 Å². The molecule has 0 saturated carbocycles. The minimum Gasteiger partial charge on any atom is -0.244 e. The van der Waals surface area contributed by atoms with Crippen molar-refractivity contribution < 1.29 is 13.2 Å². The van der Waals surface area contributed by atoms with E-state index in [1.807, 2.05) is 0 Å². The third-order valence-electron chi connectivity index (χ3n) is 2.34. The fourth-order valence-corrected chi connectivity index (χ4v) is 1.58. The number of aromatic nitrogens is 2. The molecule has 90 valence electrons. The van der Waals surface area contributed by atoms with Gasteiger partial charge in [0.25, 0.3) is 0 Å². The van der Waals surface area contributed by atoms with Crippen molar-refractivity contribution in [1.82, 2.24) is 9.97 Å². The first-order valence-corrected chi connectivity index (χ1v) is 4.90. The summed E-state index contributed by atoms with van der Waals surface area (Å²) in [6, 6.07) is 6.77. The maximum absolute atomic E-state index is 12.8. The molecule has 0 fully saturated rings. The molecule has 0 atom stereocenters. The van der Waals surface area contributed by atoms with Gasteiger partial charge in [-0.2, -0.15) is 18.4 Å². The van der Waals surface area contributed by atoms with Crippen molar-refractivity contribution >= 4 is 0 Å². The Balaban J connectivity index is 2.69. The maximum atomic E-state index is 12.8. The average molecular weight is 249 g/mol. The fraction of sp³-hybridized carbons (Fsp3) is 0.0833. The van der Waals surface area contributed by atoms with Gasteiger partial charge in [0.1, 0.15) is 12.4 Å². The van der Waals surface area contributed by atoms with Crippen molar-refractivity contribution in [2.24, 2.45) is 0 Å². The predicted octanol–water partition coefficient (Wildman–Crippen LogP) is 3.03. The van der Waals surface area contributed by atoms with E-state index in [-0.39, 0.29) is 16.8 Å². The van der Waals surface area contributed by atoms with Crippen LogP contribution in [0.1, 0.15) is 11.3 Å². The van der Waals surface area contributed by atoms with Crippen LogP contribution in [0.3, 0.4) is 0 Å². The zero-order valence-corrected chi connectivity index (χ0v) is 8.94. The molecule has 0 unspecified atom stereocenters. The van der Waals surface area contributed by atoms with Gasteiger partial charge in [0.2, 0.25) is 0 Å². The van der Waals surface area contributed by atoms with Crippen LogP contribution in [0, 0.1) is 11.3 Å². The van der Waals surface area contributed by atoms with Crippen LogP contribution in [0.4, 0.5) is 13.2 Å². The molecule has 18 heavy (non-hydrogen) atoms. The summed E-state index contributed by atoms with van der Waals surface area (Å²) in [5.74, 6) is 0. The second-order valence-corrected chi connectivity index (χ2v) is 3.44. The molecule has 0 aliphatic heterocycles. The van der Waals surface area contributed by atoms with Gasteiger partial charge >= 0.3 is 6.18 Å². The monoisotopic (exact) mass is 249 g/mol. The Morgan fingerprint density at radius 1 is 1.11 bits per heavy atom. The van der Waals surface area contributed by atoms with E-state index in [4.69, 9.17) is 5.26 Å². The largest absolute Gasteiger partial charge is 0.417 e. The summed E-state index contributed by atoms with van der Waals surface area (Å²) >= 11 is 0. The minimum atomic E-state index is -4.49. The second-order valence-electron chi connectivity index (χ2n) is 3.44. The molecule has 0 spiro atoms. The number of benzene rings is 1. The lowest BCUT2D eigenvalue weighted by atomic mass is 9.99. The van der Waals surface area contributed by atoms with E-state index in [9.17, 15) is 13.2 Å². The Morgan fingerprint density at radius 3 is 2.50 bits per heavy atom. The summed E-state index contributed by atoms with van der Waals surface area (Å²) in [7, 11) is 0. The van der Waals surface area contributed by atoms with Crippen molar-refractivity contribution in [3.05, 3.63) is 48.0 Å². The number of nitriles is 1. The van der Waals surface area contributed by atoms with Crippen molar-refractivity contribution in [3.8, 4) is 17.2 Å². The highest BCUT2D eigenvalue weighted by molar-refractivity contribution is 5.71. The van der Waals surface area contributed by atoms with E-state index in [1.165, 1.54) is 24.4 Å². The van der Waals surface area contributed by atoms with Gasteiger partial charge in [-0.1, -0.05) is 18.2 Å². The van der Waals surface area contributed by atoms with Crippen LogP contribution in [-0.2, 0) is 6.18 Å². The summed E-state index contributed by atoms with van der Waals surface area (Å²) < 4.78 is 38.5. The van der Waals surface area contributed by atoms with Crippen LogP contribution in [0.15, 0.2) is 36.8 Å². The third-order valence-corrected chi connectivity index (χ3v) is 2.34. The zero-order valence-electron chi connectivity index (χ0n) is 8.94. The molecule has 1 aromatic carbocycles. The number of rotatable bonds is 1. The molecule has 2 aromatic rings. The quantitative estimate of drug-likeness (QED) is 0.780. The molecule has 0 saturated heterocycles. The van der Waals surface area contributed by atoms with Crippen LogP contribution in [-0.4, -0.2) is 9.97 Å². The molecule has 6 heteroatoms. The lowest BCUT2D eigenvalue weighted by Crippen LogP contribution is -2.07. The Hall–Kier alpha value is -2.42. The molecule has 0 aliphatic carbocycles. The van der Waals surface area contributed by atoms with Gasteiger partial charge in [-0.05, 0) is 11.6 Å². The van der Waals surface area contributed by atoms with Crippen LogP contribution in [0.2, 0.25) is 0 Å². The zero-order chi connectivity index (χ0) is 13.2. The minimum absolute atomic E-state index is 0.0768. The third kappa shape index (κ3) is 2.15. The van der Waals surface area contributed by atoms with Gasteiger partial charge in [0.15, 0.2) is 5.69 Å². The molecule has 0 radical (unpaired) electrons. The number of hydrogen-bond donors (Lipinski definition) is 0. The highest BCUT2D eigenvalue weighted by Gasteiger charge is 2.33. The molecule has 1 heterocycles. The summed E-state index contributed by atoms with van der Waals surface area (Å²) in [6.07, 6.45) is -2.16. The number of alkyl halides is 3. The Morgan fingerprint density at radius 2 is 1.83 bits per heavy atom.